The van der Waals surface area contributed by atoms with E-state index < -0.39 is 0 Å². The van der Waals surface area contributed by atoms with Crippen LogP contribution in [0.25, 0.3) is 0 Å². The van der Waals surface area contributed by atoms with Gasteiger partial charge in [0.05, 0.1) is 6.61 Å². The summed E-state index contributed by atoms with van der Waals surface area (Å²) in [6.45, 7) is 5.27. The Labute approximate surface area is 177 Å². The minimum Gasteiger partial charge on any atom is -0.383 e. The van der Waals surface area contributed by atoms with Crippen LogP contribution < -0.4 is 5.32 Å². The molecule has 0 spiro atoms. The van der Waals surface area contributed by atoms with Crippen LogP contribution in [0.15, 0.2) is 4.99 Å². The quantitative estimate of drug-likeness (QED) is 0.442. The van der Waals surface area contributed by atoms with Crippen molar-refractivity contribution in [3.63, 3.8) is 0 Å². The average Bonchev–Trinajstić information content (AvgIpc) is 3.23. The van der Waals surface area contributed by atoms with Crippen molar-refractivity contribution in [2.45, 2.75) is 57.4 Å². The van der Waals surface area contributed by atoms with E-state index in [4.69, 9.17) is 9.73 Å². The highest BCUT2D eigenvalue weighted by atomic mass is 16.5. The third-order valence-electron chi connectivity index (χ3n) is 6.29. The molecule has 1 amide bonds. The molecule has 2 rings (SSSR count). The molecule has 1 N–H and O–H groups in total. The molecule has 0 aromatic carbocycles. The van der Waals surface area contributed by atoms with Gasteiger partial charge in [-0.1, -0.05) is 12.8 Å². The molecular weight excluding hydrogens is 366 g/mol. The summed E-state index contributed by atoms with van der Waals surface area (Å²) in [6, 6.07) is 0.517. The van der Waals surface area contributed by atoms with Crippen molar-refractivity contribution < 1.29 is 9.53 Å². The van der Waals surface area contributed by atoms with Crippen LogP contribution in [0.2, 0.25) is 0 Å². The van der Waals surface area contributed by atoms with Gasteiger partial charge in [0.15, 0.2) is 5.96 Å². The monoisotopic (exact) mass is 409 g/mol. The Kier molecular flexibility index (Phi) is 10.8. The molecule has 1 saturated carbocycles. The number of likely N-dealkylation sites (tertiary alicyclic amines) is 1. The van der Waals surface area contributed by atoms with Crippen molar-refractivity contribution in [3.05, 3.63) is 0 Å². The number of rotatable bonds is 10. The molecule has 2 fully saturated rings. The van der Waals surface area contributed by atoms with E-state index in [0.29, 0.717) is 6.04 Å². The van der Waals surface area contributed by atoms with Crippen molar-refractivity contribution in [2.24, 2.45) is 10.9 Å². The van der Waals surface area contributed by atoms with E-state index >= 15 is 0 Å². The van der Waals surface area contributed by atoms with Crippen LogP contribution in [0.3, 0.4) is 0 Å². The number of carbonyl (C=O) groups is 1. The Morgan fingerprint density at radius 1 is 1.10 bits per heavy atom. The van der Waals surface area contributed by atoms with Gasteiger partial charge in [-0.25, -0.2) is 4.99 Å². The molecule has 7 heteroatoms. The van der Waals surface area contributed by atoms with E-state index in [9.17, 15) is 4.79 Å². The highest BCUT2D eigenvalue weighted by molar-refractivity contribution is 5.85. The Bertz CT molecular complexity index is 497. The van der Waals surface area contributed by atoms with Gasteiger partial charge < -0.3 is 24.8 Å². The molecule has 1 heterocycles. The summed E-state index contributed by atoms with van der Waals surface area (Å²) in [6.07, 6.45) is 10.0. The van der Waals surface area contributed by atoms with Crippen molar-refractivity contribution in [1.29, 1.82) is 0 Å². The van der Waals surface area contributed by atoms with Gasteiger partial charge in [0, 0.05) is 46.9 Å². The number of ether oxygens (including phenoxy) is 1. The zero-order valence-corrected chi connectivity index (χ0v) is 19.2. The lowest BCUT2D eigenvalue weighted by Gasteiger charge is -2.35. The standard InChI is InChI=1S/C22H43N5O2/c1-25(2)21(28)18-23-22(24-20-9-5-6-10-20)27-14-11-19(12-15-27)8-7-13-26(3)16-17-29-4/h19-20H,5-18H2,1-4H3,(H,23,24). The molecule has 168 valence electrons. The first-order chi connectivity index (χ1) is 14.0. The summed E-state index contributed by atoms with van der Waals surface area (Å²) in [5, 5.41) is 3.66. The molecule has 0 bridgehead atoms. The van der Waals surface area contributed by atoms with Crippen LogP contribution in [0, 0.1) is 5.92 Å². The Morgan fingerprint density at radius 3 is 2.41 bits per heavy atom. The maximum Gasteiger partial charge on any atom is 0.243 e. The fraction of sp³-hybridized carbons (Fsp3) is 0.909. The number of amides is 1. The zero-order valence-electron chi connectivity index (χ0n) is 19.2. The van der Waals surface area contributed by atoms with Gasteiger partial charge >= 0.3 is 0 Å². The lowest BCUT2D eigenvalue weighted by atomic mass is 9.92. The van der Waals surface area contributed by atoms with Gasteiger partial charge in [-0.3, -0.25) is 4.79 Å². The molecule has 0 aromatic rings. The van der Waals surface area contributed by atoms with E-state index in [2.05, 4.69) is 22.2 Å². The number of hydrogen-bond donors (Lipinski definition) is 1. The van der Waals surface area contributed by atoms with Crippen molar-refractivity contribution >= 4 is 11.9 Å². The van der Waals surface area contributed by atoms with Gasteiger partial charge in [-0.15, -0.1) is 0 Å². The summed E-state index contributed by atoms with van der Waals surface area (Å²) in [7, 11) is 7.52. The number of piperidine rings is 1. The van der Waals surface area contributed by atoms with Gasteiger partial charge in [0.2, 0.25) is 5.91 Å². The highest BCUT2D eigenvalue weighted by Gasteiger charge is 2.24. The van der Waals surface area contributed by atoms with Crippen LogP contribution in [0.5, 0.6) is 0 Å². The number of guanidine groups is 1. The van der Waals surface area contributed by atoms with E-state index in [1.54, 1.807) is 26.1 Å². The number of likely N-dealkylation sites (N-methyl/N-ethyl adjacent to an activating group) is 2. The van der Waals surface area contributed by atoms with E-state index in [0.717, 1.165) is 44.7 Å². The molecule has 0 radical (unpaired) electrons. The molecule has 29 heavy (non-hydrogen) atoms. The molecule has 0 atom stereocenters. The Hall–Kier alpha value is -1.34. The second-order valence-corrected chi connectivity index (χ2v) is 8.92. The van der Waals surface area contributed by atoms with Crippen LogP contribution in [-0.4, -0.2) is 100 Å². The highest BCUT2D eigenvalue weighted by Crippen LogP contribution is 2.23. The van der Waals surface area contributed by atoms with E-state index in [1.807, 2.05) is 0 Å². The molecule has 1 aliphatic heterocycles. The summed E-state index contributed by atoms with van der Waals surface area (Å²) in [5.41, 5.74) is 0. The first-order valence-electron chi connectivity index (χ1n) is 11.4. The lowest BCUT2D eigenvalue weighted by Crippen LogP contribution is -2.49. The smallest absolute Gasteiger partial charge is 0.243 e. The molecule has 1 saturated heterocycles. The SMILES string of the molecule is COCCN(C)CCCC1CCN(C(=NCC(=O)N(C)C)NC2CCCC2)CC1. The summed E-state index contributed by atoms with van der Waals surface area (Å²) >= 11 is 0. The predicted octanol–water partition coefficient (Wildman–Crippen LogP) is 2.03. The van der Waals surface area contributed by atoms with E-state index in [-0.39, 0.29) is 12.5 Å². The lowest BCUT2D eigenvalue weighted by molar-refractivity contribution is -0.127. The first-order valence-corrected chi connectivity index (χ1v) is 11.4. The molecular formula is C22H43N5O2. The minimum atomic E-state index is 0.0585. The fourth-order valence-electron chi connectivity index (χ4n) is 4.22. The minimum absolute atomic E-state index is 0.0585. The molecule has 7 nitrogen and oxygen atoms in total. The maximum atomic E-state index is 12.0. The number of hydrogen-bond acceptors (Lipinski definition) is 4. The van der Waals surface area contributed by atoms with Crippen molar-refractivity contribution in [2.75, 3.05) is 67.6 Å². The van der Waals surface area contributed by atoms with Gasteiger partial charge in [-0.05, 0) is 58.0 Å². The average molecular weight is 410 g/mol. The van der Waals surface area contributed by atoms with Crippen molar-refractivity contribution in [1.82, 2.24) is 20.0 Å². The topological polar surface area (TPSA) is 60.4 Å². The molecule has 0 unspecified atom stereocenters. The van der Waals surface area contributed by atoms with Crippen LogP contribution in [0.4, 0.5) is 0 Å². The number of aliphatic imine (C=N–C) groups is 1. The number of nitrogens with one attached hydrogen (secondary N) is 1. The Balaban J connectivity index is 1.78. The summed E-state index contributed by atoms with van der Waals surface area (Å²) in [5.74, 6) is 1.81. The predicted molar refractivity (Wildman–Crippen MR) is 119 cm³/mol. The van der Waals surface area contributed by atoms with Gasteiger partial charge in [0.25, 0.3) is 0 Å². The Morgan fingerprint density at radius 2 is 1.79 bits per heavy atom. The van der Waals surface area contributed by atoms with Crippen LogP contribution >= 0.6 is 0 Å². The fourth-order valence-corrected chi connectivity index (χ4v) is 4.22. The summed E-state index contributed by atoms with van der Waals surface area (Å²) < 4.78 is 5.15. The normalized spacial score (nSPS) is 19.2. The summed E-state index contributed by atoms with van der Waals surface area (Å²) in [4.78, 5) is 23.1. The molecule has 1 aliphatic carbocycles. The third kappa shape index (κ3) is 8.91. The van der Waals surface area contributed by atoms with Gasteiger partial charge in [-0.2, -0.15) is 0 Å². The second-order valence-electron chi connectivity index (χ2n) is 8.92. The number of carbonyl (C=O) groups excluding carboxylic acids is 1. The van der Waals surface area contributed by atoms with Crippen molar-refractivity contribution in [3.8, 4) is 0 Å². The number of nitrogens with zero attached hydrogens (tertiary/aromatic N) is 4. The first kappa shape index (κ1) is 23.9. The second kappa shape index (κ2) is 13.1. The molecule has 2 aliphatic rings. The maximum absolute atomic E-state index is 12.0. The van der Waals surface area contributed by atoms with E-state index in [1.165, 1.54) is 51.4 Å². The number of methoxy groups -OCH3 is 1. The van der Waals surface area contributed by atoms with Crippen LogP contribution in [-0.2, 0) is 9.53 Å². The zero-order chi connectivity index (χ0) is 21.1. The molecule has 0 aromatic heterocycles. The van der Waals surface area contributed by atoms with Crippen LogP contribution in [0.1, 0.15) is 51.4 Å². The largest absolute Gasteiger partial charge is 0.383 e. The van der Waals surface area contributed by atoms with Gasteiger partial charge in [0.1, 0.15) is 6.54 Å². The third-order valence-corrected chi connectivity index (χ3v) is 6.29.